The number of benzene rings is 1. The van der Waals surface area contributed by atoms with E-state index in [2.05, 4.69) is 15.3 Å². The molecule has 2 heterocycles. The van der Waals surface area contributed by atoms with Gasteiger partial charge >= 0.3 is 0 Å². The van der Waals surface area contributed by atoms with Gasteiger partial charge in [-0.15, -0.1) is 0 Å². The van der Waals surface area contributed by atoms with Crippen LogP contribution in [0.4, 0.5) is 11.5 Å². The molecule has 0 atom stereocenters. The summed E-state index contributed by atoms with van der Waals surface area (Å²) in [4.78, 5) is 35.1. The summed E-state index contributed by atoms with van der Waals surface area (Å²) in [6.45, 7) is 2.55. The molecule has 2 aromatic rings. The van der Waals surface area contributed by atoms with Crippen LogP contribution in [0.5, 0.6) is 0 Å². The quantitative estimate of drug-likeness (QED) is 0.832. The fourth-order valence-corrected chi connectivity index (χ4v) is 2.56. The second-order valence-corrected chi connectivity index (χ2v) is 5.54. The molecular formula is C17H16N6O2. The van der Waals surface area contributed by atoms with E-state index in [1.54, 1.807) is 35.2 Å². The molecule has 8 nitrogen and oxygen atoms in total. The molecular weight excluding hydrogens is 320 g/mol. The van der Waals surface area contributed by atoms with Gasteiger partial charge in [0.15, 0.2) is 0 Å². The maximum absolute atomic E-state index is 12.4. The van der Waals surface area contributed by atoms with Crippen LogP contribution >= 0.6 is 0 Å². The van der Waals surface area contributed by atoms with Crippen molar-refractivity contribution in [1.29, 1.82) is 5.26 Å². The van der Waals surface area contributed by atoms with Crippen molar-refractivity contribution in [2.75, 3.05) is 36.4 Å². The highest BCUT2D eigenvalue weighted by molar-refractivity contribution is 6.03. The van der Waals surface area contributed by atoms with Crippen molar-refractivity contribution in [2.45, 2.75) is 0 Å². The zero-order chi connectivity index (χ0) is 17.6. The fourth-order valence-electron chi connectivity index (χ4n) is 2.56. The smallest absolute Gasteiger partial charge is 0.274 e. The highest BCUT2D eigenvalue weighted by Gasteiger charge is 2.18. The van der Waals surface area contributed by atoms with E-state index in [9.17, 15) is 9.59 Å². The van der Waals surface area contributed by atoms with E-state index in [4.69, 9.17) is 5.26 Å². The third kappa shape index (κ3) is 3.90. The summed E-state index contributed by atoms with van der Waals surface area (Å²) < 4.78 is 0. The van der Waals surface area contributed by atoms with Gasteiger partial charge in [0, 0.05) is 37.9 Å². The van der Waals surface area contributed by atoms with Crippen LogP contribution in [0.2, 0.25) is 0 Å². The minimum Gasteiger partial charge on any atom is -0.353 e. The number of amides is 2. The number of nitrogens with zero attached hydrogens (tertiary/aromatic N) is 5. The average molecular weight is 336 g/mol. The zero-order valence-electron chi connectivity index (χ0n) is 13.4. The van der Waals surface area contributed by atoms with E-state index in [1.165, 1.54) is 6.33 Å². The molecule has 1 aromatic heterocycles. The summed E-state index contributed by atoms with van der Waals surface area (Å²) in [5, 5.41) is 11.6. The summed E-state index contributed by atoms with van der Waals surface area (Å²) in [7, 11) is 0. The molecule has 25 heavy (non-hydrogen) atoms. The number of aromatic nitrogens is 2. The number of hydrogen-bond acceptors (Lipinski definition) is 6. The SMILES string of the molecule is N#Cc1cccc(NC(=O)c2cc(N3CCN(C=O)CC3)ncn2)c1. The van der Waals surface area contributed by atoms with E-state index in [1.807, 2.05) is 11.0 Å². The largest absolute Gasteiger partial charge is 0.353 e. The molecule has 0 saturated carbocycles. The summed E-state index contributed by atoms with van der Waals surface area (Å²) >= 11 is 0. The molecule has 0 spiro atoms. The Labute approximate surface area is 144 Å². The number of carbonyl (C=O) groups excluding carboxylic acids is 2. The van der Waals surface area contributed by atoms with Crippen LogP contribution in [0, 0.1) is 11.3 Å². The molecule has 126 valence electrons. The summed E-state index contributed by atoms with van der Waals surface area (Å²) in [6.07, 6.45) is 2.19. The van der Waals surface area contributed by atoms with Gasteiger partial charge in [-0.25, -0.2) is 9.97 Å². The van der Waals surface area contributed by atoms with E-state index in [-0.39, 0.29) is 11.6 Å². The van der Waals surface area contributed by atoms with E-state index in [0.29, 0.717) is 43.2 Å². The fraction of sp³-hybridized carbons (Fsp3) is 0.235. The summed E-state index contributed by atoms with van der Waals surface area (Å²) in [5.74, 6) is 0.279. The molecule has 0 bridgehead atoms. The maximum atomic E-state index is 12.4. The molecule has 0 unspecified atom stereocenters. The van der Waals surface area contributed by atoms with Crippen LogP contribution in [0.1, 0.15) is 16.1 Å². The van der Waals surface area contributed by atoms with Gasteiger partial charge < -0.3 is 15.1 Å². The van der Waals surface area contributed by atoms with Gasteiger partial charge in [0.25, 0.3) is 5.91 Å². The van der Waals surface area contributed by atoms with E-state index < -0.39 is 0 Å². The lowest BCUT2D eigenvalue weighted by molar-refractivity contribution is -0.118. The van der Waals surface area contributed by atoms with Crippen LogP contribution in [0.25, 0.3) is 0 Å². The minimum absolute atomic E-state index is 0.241. The third-order valence-electron chi connectivity index (χ3n) is 3.92. The molecule has 1 aliphatic heterocycles. The highest BCUT2D eigenvalue weighted by atomic mass is 16.2. The van der Waals surface area contributed by atoms with Gasteiger partial charge in [-0.1, -0.05) is 6.07 Å². The predicted molar refractivity (Wildman–Crippen MR) is 91.0 cm³/mol. The van der Waals surface area contributed by atoms with Gasteiger partial charge in [-0.05, 0) is 18.2 Å². The van der Waals surface area contributed by atoms with Gasteiger partial charge in [-0.2, -0.15) is 5.26 Å². The standard InChI is InChI=1S/C17H16N6O2/c18-10-13-2-1-3-14(8-13)21-17(25)15-9-16(20-11-19-15)23-6-4-22(12-24)5-7-23/h1-3,8-9,11-12H,4-7H2,(H,21,25). The Hall–Kier alpha value is -3.47. The second kappa shape index (κ2) is 7.40. The summed E-state index contributed by atoms with van der Waals surface area (Å²) in [5.41, 5.74) is 1.24. The van der Waals surface area contributed by atoms with Gasteiger partial charge in [0.2, 0.25) is 6.41 Å². The summed E-state index contributed by atoms with van der Waals surface area (Å²) in [6, 6.07) is 10.3. The normalized spacial score (nSPS) is 13.9. The highest BCUT2D eigenvalue weighted by Crippen LogP contribution is 2.15. The first-order valence-corrected chi connectivity index (χ1v) is 7.77. The number of anilines is 2. The lowest BCUT2D eigenvalue weighted by Crippen LogP contribution is -2.46. The van der Waals surface area contributed by atoms with Crippen molar-refractivity contribution in [2.24, 2.45) is 0 Å². The minimum atomic E-state index is -0.370. The first-order chi connectivity index (χ1) is 12.2. The topological polar surface area (TPSA) is 102 Å². The maximum Gasteiger partial charge on any atom is 0.274 e. The van der Waals surface area contributed by atoms with Crippen molar-refractivity contribution in [3.05, 3.63) is 47.9 Å². The molecule has 3 rings (SSSR count). The lowest BCUT2D eigenvalue weighted by atomic mass is 10.2. The predicted octanol–water partition coefficient (Wildman–Crippen LogP) is 0.879. The Morgan fingerprint density at radius 1 is 1.20 bits per heavy atom. The van der Waals surface area contributed by atoms with Gasteiger partial charge in [-0.3, -0.25) is 9.59 Å². The number of piperazine rings is 1. The third-order valence-corrected chi connectivity index (χ3v) is 3.92. The number of carbonyl (C=O) groups is 2. The van der Waals surface area contributed by atoms with Crippen molar-refractivity contribution in [3.8, 4) is 6.07 Å². The monoisotopic (exact) mass is 336 g/mol. The van der Waals surface area contributed by atoms with Crippen molar-refractivity contribution >= 4 is 23.8 Å². The molecule has 1 fully saturated rings. The molecule has 1 aliphatic rings. The van der Waals surface area contributed by atoms with Crippen LogP contribution in [0.15, 0.2) is 36.7 Å². The molecule has 1 N–H and O–H groups in total. The van der Waals surface area contributed by atoms with E-state index in [0.717, 1.165) is 6.41 Å². The number of nitrogens with one attached hydrogen (secondary N) is 1. The van der Waals surface area contributed by atoms with Gasteiger partial charge in [0.05, 0.1) is 11.6 Å². The molecule has 2 amide bonds. The van der Waals surface area contributed by atoms with Crippen molar-refractivity contribution in [3.63, 3.8) is 0 Å². The first kappa shape index (κ1) is 16.4. The van der Waals surface area contributed by atoms with Crippen LogP contribution in [-0.4, -0.2) is 53.4 Å². The number of rotatable bonds is 4. The van der Waals surface area contributed by atoms with Crippen molar-refractivity contribution < 1.29 is 9.59 Å². The van der Waals surface area contributed by atoms with Gasteiger partial charge in [0.1, 0.15) is 17.8 Å². The first-order valence-electron chi connectivity index (χ1n) is 7.77. The molecule has 1 aromatic carbocycles. The molecule has 0 radical (unpaired) electrons. The Morgan fingerprint density at radius 3 is 2.72 bits per heavy atom. The second-order valence-electron chi connectivity index (χ2n) is 5.54. The Balaban J connectivity index is 1.71. The average Bonchev–Trinajstić information content (AvgIpc) is 2.68. The van der Waals surface area contributed by atoms with Crippen LogP contribution in [0.3, 0.4) is 0 Å². The number of hydrogen-bond donors (Lipinski definition) is 1. The van der Waals surface area contributed by atoms with E-state index >= 15 is 0 Å². The van der Waals surface area contributed by atoms with Crippen molar-refractivity contribution in [1.82, 2.24) is 14.9 Å². The Bertz CT molecular complexity index is 824. The molecule has 1 saturated heterocycles. The zero-order valence-corrected chi connectivity index (χ0v) is 13.4. The lowest BCUT2D eigenvalue weighted by Gasteiger charge is -2.33. The Kier molecular flexibility index (Phi) is 4.85. The van der Waals surface area contributed by atoms with Crippen LogP contribution in [-0.2, 0) is 4.79 Å². The molecule has 0 aliphatic carbocycles. The number of nitriles is 1. The Morgan fingerprint density at radius 2 is 2.00 bits per heavy atom. The molecule has 8 heteroatoms. The van der Waals surface area contributed by atoms with Crippen LogP contribution < -0.4 is 10.2 Å².